The topological polar surface area (TPSA) is 15.3 Å². The van der Waals surface area contributed by atoms with Crippen molar-refractivity contribution in [2.45, 2.75) is 66.7 Å². The van der Waals surface area contributed by atoms with Gasteiger partial charge < -0.3 is 10.2 Å². The largest absolute Gasteiger partial charge is 0.316 e. The van der Waals surface area contributed by atoms with Crippen LogP contribution in [0.5, 0.6) is 0 Å². The number of likely N-dealkylation sites (tertiary alicyclic amines) is 1. The zero-order chi connectivity index (χ0) is 14.4. The van der Waals surface area contributed by atoms with Crippen LogP contribution in [0.1, 0.15) is 66.7 Å². The van der Waals surface area contributed by atoms with Crippen molar-refractivity contribution in [2.24, 2.45) is 10.8 Å². The molecule has 0 amide bonds. The molecule has 0 aliphatic carbocycles. The van der Waals surface area contributed by atoms with Crippen LogP contribution >= 0.6 is 0 Å². The van der Waals surface area contributed by atoms with Crippen LogP contribution < -0.4 is 5.32 Å². The first kappa shape index (κ1) is 17.0. The van der Waals surface area contributed by atoms with Crippen LogP contribution in [0, 0.1) is 10.8 Å². The zero-order valence-corrected chi connectivity index (χ0v) is 14.0. The van der Waals surface area contributed by atoms with E-state index < -0.39 is 0 Å². The Morgan fingerprint density at radius 3 is 2.05 bits per heavy atom. The van der Waals surface area contributed by atoms with Gasteiger partial charge in [0.1, 0.15) is 0 Å². The molecule has 0 spiro atoms. The van der Waals surface area contributed by atoms with E-state index in [0.717, 1.165) is 6.54 Å². The molecule has 0 saturated carbocycles. The molecule has 0 atom stereocenters. The van der Waals surface area contributed by atoms with E-state index in [9.17, 15) is 0 Å². The number of rotatable bonds is 8. The maximum atomic E-state index is 3.58. The van der Waals surface area contributed by atoms with Gasteiger partial charge in [-0.2, -0.15) is 0 Å². The quantitative estimate of drug-likeness (QED) is 0.718. The van der Waals surface area contributed by atoms with Gasteiger partial charge in [-0.05, 0) is 56.1 Å². The van der Waals surface area contributed by atoms with E-state index in [1.807, 2.05) is 0 Å². The lowest BCUT2D eigenvalue weighted by molar-refractivity contribution is 0.0668. The summed E-state index contributed by atoms with van der Waals surface area (Å²) in [6, 6.07) is 0. The number of piperidine rings is 1. The fourth-order valence-electron chi connectivity index (χ4n) is 3.25. The van der Waals surface area contributed by atoms with Gasteiger partial charge in [-0.25, -0.2) is 0 Å². The maximum Gasteiger partial charge on any atom is 0.00499 e. The minimum Gasteiger partial charge on any atom is -0.316 e. The molecule has 0 aromatic rings. The molecule has 19 heavy (non-hydrogen) atoms. The molecule has 0 unspecified atom stereocenters. The van der Waals surface area contributed by atoms with E-state index in [0.29, 0.717) is 10.8 Å². The third-order valence-corrected chi connectivity index (χ3v) is 5.73. The molecule has 2 nitrogen and oxygen atoms in total. The van der Waals surface area contributed by atoms with Gasteiger partial charge in [0.25, 0.3) is 0 Å². The van der Waals surface area contributed by atoms with Crippen molar-refractivity contribution in [3.05, 3.63) is 0 Å². The van der Waals surface area contributed by atoms with E-state index in [4.69, 9.17) is 0 Å². The highest BCUT2D eigenvalue weighted by atomic mass is 15.1. The molecular formula is C17H36N2. The second-order valence-electron chi connectivity index (χ2n) is 6.93. The van der Waals surface area contributed by atoms with Gasteiger partial charge in [0.15, 0.2) is 0 Å². The van der Waals surface area contributed by atoms with Crippen LogP contribution in [-0.2, 0) is 0 Å². The predicted molar refractivity (Wildman–Crippen MR) is 85.6 cm³/mol. The molecule has 114 valence electrons. The Morgan fingerprint density at radius 1 is 1.05 bits per heavy atom. The van der Waals surface area contributed by atoms with Crippen molar-refractivity contribution in [3.63, 3.8) is 0 Å². The second-order valence-corrected chi connectivity index (χ2v) is 6.93. The fourth-order valence-corrected chi connectivity index (χ4v) is 3.25. The molecule has 1 saturated heterocycles. The normalized spacial score (nSPS) is 20.7. The van der Waals surface area contributed by atoms with Gasteiger partial charge in [-0.3, -0.25) is 0 Å². The van der Waals surface area contributed by atoms with Crippen molar-refractivity contribution in [1.29, 1.82) is 0 Å². The van der Waals surface area contributed by atoms with Crippen LogP contribution in [0.2, 0.25) is 0 Å². The summed E-state index contributed by atoms with van der Waals surface area (Å²) in [5.41, 5.74) is 1.09. The van der Waals surface area contributed by atoms with Crippen molar-refractivity contribution in [1.82, 2.24) is 10.2 Å². The zero-order valence-electron chi connectivity index (χ0n) is 14.0. The summed E-state index contributed by atoms with van der Waals surface area (Å²) in [7, 11) is 0. The lowest BCUT2D eigenvalue weighted by atomic mass is 9.76. The molecule has 1 aliphatic heterocycles. The average Bonchev–Trinajstić information content (AvgIpc) is 2.46. The van der Waals surface area contributed by atoms with E-state index in [1.54, 1.807) is 0 Å². The van der Waals surface area contributed by atoms with Crippen molar-refractivity contribution >= 4 is 0 Å². The lowest BCUT2D eigenvalue weighted by Gasteiger charge is -2.43. The highest BCUT2D eigenvalue weighted by molar-refractivity contribution is 4.87. The monoisotopic (exact) mass is 268 g/mol. The number of hydrogen-bond donors (Lipinski definition) is 1. The highest BCUT2D eigenvalue weighted by Gasteiger charge is 2.33. The average molecular weight is 268 g/mol. The molecule has 1 N–H and O–H groups in total. The van der Waals surface area contributed by atoms with Gasteiger partial charge in [-0.15, -0.1) is 0 Å². The summed E-state index contributed by atoms with van der Waals surface area (Å²) in [5.74, 6) is 0. The minimum absolute atomic E-state index is 0.482. The van der Waals surface area contributed by atoms with Gasteiger partial charge in [-0.1, -0.05) is 41.0 Å². The molecule has 1 fully saturated rings. The summed E-state index contributed by atoms with van der Waals surface area (Å²) in [6.07, 6.45) is 6.68. The van der Waals surface area contributed by atoms with Gasteiger partial charge in [0.2, 0.25) is 0 Å². The number of nitrogens with zero attached hydrogens (tertiary/aromatic N) is 1. The van der Waals surface area contributed by atoms with Gasteiger partial charge in [0, 0.05) is 13.1 Å². The Labute approximate surface area is 121 Å². The van der Waals surface area contributed by atoms with E-state index in [-0.39, 0.29) is 0 Å². The summed E-state index contributed by atoms with van der Waals surface area (Å²) < 4.78 is 0. The van der Waals surface area contributed by atoms with Crippen molar-refractivity contribution in [3.8, 4) is 0 Å². The van der Waals surface area contributed by atoms with Crippen LogP contribution in [0.25, 0.3) is 0 Å². The molecule has 1 aliphatic rings. The lowest BCUT2D eigenvalue weighted by Crippen LogP contribution is -2.47. The molecular weight excluding hydrogens is 232 g/mol. The first-order chi connectivity index (χ1) is 9.03. The molecule has 0 aromatic carbocycles. The Morgan fingerprint density at radius 2 is 1.63 bits per heavy atom. The van der Waals surface area contributed by atoms with E-state index in [1.165, 1.54) is 58.3 Å². The third kappa shape index (κ3) is 4.75. The smallest absolute Gasteiger partial charge is 0.00499 e. The Kier molecular flexibility index (Phi) is 6.82. The first-order valence-corrected chi connectivity index (χ1v) is 8.46. The Balaban J connectivity index is 2.52. The van der Waals surface area contributed by atoms with Crippen LogP contribution in [0.4, 0.5) is 0 Å². The molecule has 1 rings (SSSR count). The van der Waals surface area contributed by atoms with Crippen molar-refractivity contribution in [2.75, 3.05) is 32.7 Å². The van der Waals surface area contributed by atoms with Crippen LogP contribution in [0.3, 0.4) is 0 Å². The van der Waals surface area contributed by atoms with Gasteiger partial charge in [0.05, 0.1) is 0 Å². The SMILES string of the molecule is CCNCC(CC)(CC)CN1CCC(C)(CC)CC1. The predicted octanol–water partition coefficient (Wildman–Crippen LogP) is 3.91. The highest BCUT2D eigenvalue weighted by Crippen LogP contribution is 2.36. The summed E-state index contributed by atoms with van der Waals surface area (Å²) in [6.45, 7) is 17.9. The Bertz CT molecular complexity index is 238. The number of hydrogen-bond acceptors (Lipinski definition) is 2. The maximum absolute atomic E-state index is 3.58. The van der Waals surface area contributed by atoms with Crippen LogP contribution in [0.15, 0.2) is 0 Å². The molecule has 0 radical (unpaired) electrons. The first-order valence-electron chi connectivity index (χ1n) is 8.46. The summed E-state index contributed by atoms with van der Waals surface area (Å²) in [5, 5.41) is 3.58. The molecule has 2 heteroatoms. The van der Waals surface area contributed by atoms with E-state index in [2.05, 4.69) is 44.8 Å². The summed E-state index contributed by atoms with van der Waals surface area (Å²) >= 11 is 0. The fraction of sp³-hybridized carbons (Fsp3) is 1.00. The van der Waals surface area contributed by atoms with Gasteiger partial charge >= 0.3 is 0 Å². The number of nitrogens with one attached hydrogen (secondary N) is 1. The van der Waals surface area contributed by atoms with Crippen molar-refractivity contribution < 1.29 is 0 Å². The molecule has 1 heterocycles. The Hall–Kier alpha value is -0.0800. The second kappa shape index (κ2) is 7.64. The van der Waals surface area contributed by atoms with Crippen LogP contribution in [-0.4, -0.2) is 37.6 Å². The third-order valence-electron chi connectivity index (χ3n) is 5.73. The molecule has 0 aromatic heterocycles. The van der Waals surface area contributed by atoms with E-state index >= 15 is 0 Å². The minimum atomic E-state index is 0.482. The summed E-state index contributed by atoms with van der Waals surface area (Å²) in [4.78, 5) is 2.72. The standard InChI is InChI=1S/C17H36N2/c1-6-16(5)10-12-19(13-11-16)15-17(7-2,8-3)14-18-9-4/h18H,6-15H2,1-5H3. The molecule has 0 bridgehead atoms.